The highest BCUT2D eigenvalue weighted by molar-refractivity contribution is 6.34. The molecule has 1 heterocycles. The van der Waals surface area contributed by atoms with E-state index in [1.807, 2.05) is 0 Å². The Morgan fingerprint density at radius 1 is 1.06 bits per heavy atom. The van der Waals surface area contributed by atoms with E-state index < -0.39 is 22.6 Å². The van der Waals surface area contributed by atoms with Gasteiger partial charge in [0.2, 0.25) is 0 Å². The summed E-state index contributed by atoms with van der Waals surface area (Å²) in [6, 6.07) is 15.4. The zero-order chi connectivity index (χ0) is 25.1. The third-order valence-corrected chi connectivity index (χ3v) is 5.63. The fraction of sp³-hybridized carbons (Fsp3) is 0.0800. The van der Waals surface area contributed by atoms with Gasteiger partial charge in [0.05, 0.1) is 40.2 Å². The second-order valence-electron chi connectivity index (χ2n) is 7.49. The smallest absolute Gasteiger partial charge is 0.272 e. The van der Waals surface area contributed by atoms with Crippen LogP contribution in [0.2, 0.25) is 5.02 Å². The van der Waals surface area contributed by atoms with Gasteiger partial charge in [-0.1, -0.05) is 29.8 Å². The molecule has 35 heavy (non-hydrogen) atoms. The van der Waals surface area contributed by atoms with Crippen molar-refractivity contribution in [1.29, 1.82) is 0 Å². The van der Waals surface area contributed by atoms with Crippen LogP contribution in [-0.4, -0.2) is 33.7 Å². The molecule has 0 N–H and O–H groups in total. The Balaban J connectivity index is 1.85. The van der Waals surface area contributed by atoms with Crippen LogP contribution >= 0.6 is 11.6 Å². The highest BCUT2D eigenvalue weighted by atomic mass is 35.5. The van der Waals surface area contributed by atoms with Crippen molar-refractivity contribution < 1.29 is 23.6 Å². The van der Waals surface area contributed by atoms with Crippen LogP contribution in [0.1, 0.15) is 26.3 Å². The van der Waals surface area contributed by atoms with Crippen LogP contribution in [-0.2, 0) is 6.54 Å². The zero-order valence-electron chi connectivity index (χ0n) is 18.3. The van der Waals surface area contributed by atoms with Crippen molar-refractivity contribution in [1.82, 2.24) is 9.88 Å². The predicted octanol–water partition coefficient (Wildman–Crippen LogP) is 5.43. The van der Waals surface area contributed by atoms with Gasteiger partial charge in [-0.25, -0.2) is 4.39 Å². The largest absolute Gasteiger partial charge is 0.497 e. The number of ether oxygens (including phenoxy) is 1. The molecule has 4 aromatic rings. The summed E-state index contributed by atoms with van der Waals surface area (Å²) >= 11 is 6.15. The van der Waals surface area contributed by atoms with Crippen LogP contribution < -0.4 is 4.74 Å². The number of hydrogen-bond acceptors (Lipinski definition) is 6. The summed E-state index contributed by atoms with van der Waals surface area (Å²) < 4.78 is 19.1. The molecule has 4 rings (SSSR count). The van der Waals surface area contributed by atoms with Crippen LogP contribution in [0.3, 0.4) is 0 Å². The molecular formula is C25H17ClFN3O5. The average molecular weight is 494 g/mol. The number of benzene rings is 3. The van der Waals surface area contributed by atoms with Crippen molar-refractivity contribution in [3.8, 4) is 5.75 Å². The number of nitro groups is 1. The number of nitrogens with zero attached hydrogens (tertiary/aromatic N) is 3. The van der Waals surface area contributed by atoms with Gasteiger partial charge < -0.3 is 4.74 Å². The Labute approximate surface area is 203 Å². The molecule has 0 aliphatic heterocycles. The van der Waals surface area contributed by atoms with Crippen molar-refractivity contribution in [2.45, 2.75) is 6.54 Å². The van der Waals surface area contributed by atoms with E-state index in [0.29, 0.717) is 16.7 Å². The highest BCUT2D eigenvalue weighted by Crippen LogP contribution is 2.28. The number of fused-ring (bicyclic) bond motifs is 1. The lowest BCUT2D eigenvalue weighted by atomic mass is 10.0. The molecule has 10 heteroatoms. The maximum atomic E-state index is 13.9. The molecule has 8 nitrogen and oxygen atoms in total. The van der Waals surface area contributed by atoms with Gasteiger partial charge in [0, 0.05) is 23.7 Å². The summed E-state index contributed by atoms with van der Waals surface area (Å²) in [5.74, 6) is -1.83. The first-order chi connectivity index (χ1) is 16.8. The molecule has 0 fully saturated rings. The van der Waals surface area contributed by atoms with Gasteiger partial charge in [0.15, 0.2) is 0 Å². The van der Waals surface area contributed by atoms with Crippen molar-refractivity contribution >= 4 is 40.0 Å². The van der Waals surface area contributed by atoms with Crippen LogP contribution in [0, 0.1) is 15.9 Å². The molecule has 0 saturated heterocycles. The maximum Gasteiger partial charge on any atom is 0.272 e. The van der Waals surface area contributed by atoms with E-state index in [2.05, 4.69) is 4.98 Å². The quantitative estimate of drug-likeness (QED) is 0.202. The first-order valence-corrected chi connectivity index (χ1v) is 10.6. The highest BCUT2D eigenvalue weighted by Gasteiger charge is 2.29. The minimum Gasteiger partial charge on any atom is -0.497 e. The number of halogens is 2. The van der Waals surface area contributed by atoms with Gasteiger partial charge in [0.1, 0.15) is 11.6 Å². The minimum absolute atomic E-state index is 0.0468. The Hall–Kier alpha value is -4.37. The summed E-state index contributed by atoms with van der Waals surface area (Å²) in [5.41, 5.74) is 0.0943. The minimum atomic E-state index is -0.862. The van der Waals surface area contributed by atoms with E-state index in [4.69, 9.17) is 16.3 Å². The number of carbonyl (C=O) groups excluding carboxylic acids is 2. The normalized spacial score (nSPS) is 10.7. The lowest BCUT2D eigenvalue weighted by molar-refractivity contribution is -0.384. The second-order valence-corrected chi connectivity index (χ2v) is 7.90. The topological polar surface area (TPSA) is 103 Å². The molecule has 2 amide bonds. The molecule has 0 spiro atoms. The van der Waals surface area contributed by atoms with E-state index in [1.54, 1.807) is 36.4 Å². The van der Waals surface area contributed by atoms with Crippen LogP contribution in [0.4, 0.5) is 10.1 Å². The molecular weight excluding hydrogens is 477 g/mol. The standard InChI is InChI=1S/C25H17ClFN3O5/c1-35-18-7-4-15(5-8-18)14-29(25(32)21-11-16(27)6-9-22(21)26)24(31)20-12-17(30(33)34)13-23-19(20)3-2-10-28-23/h2-13H,14H2,1H3. The lowest BCUT2D eigenvalue weighted by Crippen LogP contribution is -2.37. The van der Waals surface area contributed by atoms with E-state index in [0.717, 1.165) is 23.1 Å². The van der Waals surface area contributed by atoms with E-state index in [-0.39, 0.29) is 33.9 Å². The number of nitro benzene ring substituents is 1. The Kier molecular flexibility index (Phi) is 6.70. The SMILES string of the molecule is COc1ccc(CN(C(=O)c2cc(F)ccc2Cl)C(=O)c2cc([N+](=O)[O-])cc3ncccc23)cc1. The monoisotopic (exact) mass is 493 g/mol. The van der Waals surface area contributed by atoms with Gasteiger partial charge in [-0.15, -0.1) is 0 Å². The van der Waals surface area contributed by atoms with Crippen molar-refractivity contribution in [2.24, 2.45) is 0 Å². The Morgan fingerprint density at radius 3 is 2.46 bits per heavy atom. The maximum absolute atomic E-state index is 13.9. The molecule has 0 bridgehead atoms. The molecule has 0 radical (unpaired) electrons. The third kappa shape index (κ3) is 4.95. The summed E-state index contributed by atoms with van der Waals surface area (Å²) in [7, 11) is 1.50. The van der Waals surface area contributed by atoms with Crippen molar-refractivity contribution in [2.75, 3.05) is 7.11 Å². The predicted molar refractivity (Wildman–Crippen MR) is 127 cm³/mol. The Morgan fingerprint density at radius 2 is 1.77 bits per heavy atom. The summed E-state index contributed by atoms with van der Waals surface area (Å²) in [4.78, 5) is 43.1. The lowest BCUT2D eigenvalue weighted by Gasteiger charge is -2.22. The molecule has 0 aliphatic rings. The molecule has 0 aliphatic carbocycles. The number of amides is 2. The van der Waals surface area contributed by atoms with Crippen molar-refractivity contribution in [3.05, 3.63) is 111 Å². The first-order valence-electron chi connectivity index (χ1n) is 10.3. The number of rotatable bonds is 6. The summed E-state index contributed by atoms with van der Waals surface area (Å²) in [6.07, 6.45) is 1.44. The van der Waals surface area contributed by atoms with Gasteiger partial charge in [-0.05, 0) is 42.0 Å². The van der Waals surface area contributed by atoms with Crippen molar-refractivity contribution in [3.63, 3.8) is 0 Å². The second kappa shape index (κ2) is 9.86. The number of imide groups is 1. The zero-order valence-corrected chi connectivity index (χ0v) is 19.0. The fourth-order valence-corrected chi connectivity index (χ4v) is 3.75. The number of non-ortho nitro benzene ring substituents is 1. The van der Waals surface area contributed by atoms with Gasteiger partial charge in [0.25, 0.3) is 17.5 Å². The third-order valence-electron chi connectivity index (χ3n) is 5.30. The van der Waals surface area contributed by atoms with Crippen LogP contribution in [0.25, 0.3) is 10.9 Å². The first kappa shape index (κ1) is 23.8. The van der Waals surface area contributed by atoms with Gasteiger partial charge in [-0.2, -0.15) is 0 Å². The van der Waals surface area contributed by atoms with Crippen LogP contribution in [0.15, 0.2) is 72.9 Å². The molecule has 3 aromatic carbocycles. The molecule has 1 aromatic heterocycles. The number of pyridine rings is 1. The molecule has 0 unspecified atom stereocenters. The fourth-order valence-electron chi connectivity index (χ4n) is 3.55. The van der Waals surface area contributed by atoms with Gasteiger partial charge in [-0.3, -0.25) is 29.6 Å². The summed E-state index contributed by atoms with van der Waals surface area (Å²) in [6.45, 7) is -0.209. The average Bonchev–Trinajstić information content (AvgIpc) is 2.87. The molecule has 0 saturated carbocycles. The summed E-state index contributed by atoms with van der Waals surface area (Å²) in [5, 5.41) is 11.8. The number of methoxy groups -OCH3 is 1. The molecule has 0 atom stereocenters. The molecule has 176 valence electrons. The van der Waals surface area contributed by atoms with E-state index in [1.165, 1.54) is 25.4 Å². The Bertz CT molecular complexity index is 1460. The number of carbonyl (C=O) groups is 2. The number of aromatic nitrogens is 1. The van der Waals surface area contributed by atoms with Gasteiger partial charge >= 0.3 is 0 Å². The van der Waals surface area contributed by atoms with E-state index >= 15 is 0 Å². The number of hydrogen-bond donors (Lipinski definition) is 0. The van der Waals surface area contributed by atoms with Crippen LogP contribution in [0.5, 0.6) is 5.75 Å². The van der Waals surface area contributed by atoms with E-state index in [9.17, 15) is 24.1 Å².